The smallest absolute Gasteiger partial charge is 0.305 e. The lowest BCUT2D eigenvalue weighted by molar-refractivity contribution is 0.0539. The first-order valence-electron chi connectivity index (χ1n) is 10.6. The van der Waals surface area contributed by atoms with Gasteiger partial charge in [0, 0.05) is 30.8 Å². The fourth-order valence-corrected chi connectivity index (χ4v) is 5.40. The first-order valence-corrected chi connectivity index (χ1v) is 12.4. The number of allylic oxidation sites excluding steroid dienone is 1. The normalized spacial score (nSPS) is 23.1. The van der Waals surface area contributed by atoms with E-state index in [4.69, 9.17) is 8.92 Å². The average molecular weight is 433 g/mol. The van der Waals surface area contributed by atoms with Crippen LogP contribution in [0.5, 0.6) is 0 Å². The zero-order valence-electron chi connectivity index (χ0n) is 18.3. The minimum absolute atomic E-state index is 0.189. The number of hydrogen-bond acceptors (Lipinski definition) is 5. The predicted octanol–water partition coefficient (Wildman–Crippen LogP) is 3.95. The van der Waals surface area contributed by atoms with E-state index in [1.807, 2.05) is 26.0 Å². The maximum absolute atomic E-state index is 12.0. The lowest BCUT2D eigenvalue weighted by atomic mass is 9.76. The second kappa shape index (κ2) is 9.55. The van der Waals surface area contributed by atoms with Gasteiger partial charge in [-0.2, -0.15) is 8.42 Å². The van der Waals surface area contributed by atoms with E-state index in [0.717, 1.165) is 61.0 Å². The van der Waals surface area contributed by atoms with E-state index in [9.17, 15) is 13.5 Å². The third-order valence-electron chi connectivity index (χ3n) is 6.00. The molecule has 1 aliphatic carbocycles. The highest BCUT2D eigenvalue weighted by atomic mass is 32.2. The van der Waals surface area contributed by atoms with Crippen LogP contribution in [0.3, 0.4) is 0 Å². The molecule has 30 heavy (non-hydrogen) atoms. The molecule has 1 saturated heterocycles. The van der Waals surface area contributed by atoms with Crippen molar-refractivity contribution < 1.29 is 22.4 Å². The van der Waals surface area contributed by atoms with Gasteiger partial charge >= 0.3 is 10.1 Å². The van der Waals surface area contributed by atoms with E-state index in [0.29, 0.717) is 30.1 Å². The SMILES string of the molecule is CC#Cc1cc(C)c(C2=C(OS(C)(=O)=O)CC(CC3CCOCC3)CC2O)c(C)c1. The fraction of sp³-hybridized carbons (Fsp3) is 0.583. The van der Waals surface area contributed by atoms with E-state index in [1.54, 1.807) is 6.92 Å². The van der Waals surface area contributed by atoms with Crippen molar-refractivity contribution in [2.75, 3.05) is 19.5 Å². The average Bonchev–Trinajstić information content (AvgIpc) is 2.63. The molecule has 1 N–H and O–H groups in total. The molecular weight excluding hydrogens is 400 g/mol. The second-order valence-electron chi connectivity index (χ2n) is 8.60. The van der Waals surface area contributed by atoms with Crippen LogP contribution in [0.1, 0.15) is 61.3 Å². The van der Waals surface area contributed by atoms with Crippen molar-refractivity contribution in [3.63, 3.8) is 0 Å². The van der Waals surface area contributed by atoms with Crippen LogP contribution < -0.4 is 0 Å². The van der Waals surface area contributed by atoms with Gasteiger partial charge in [0.25, 0.3) is 0 Å². The molecular formula is C24H32O5S. The van der Waals surface area contributed by atoms with Crippen LogP contribution in [0, 0.1) is 37.5 Å². The van der Waals surface area contributed by atoms with Crippen LogP contribution >= 0.6 is 0 Å². The van der Waals surface area contributed by atoms with E-state index >= 15 is 0 Å². The second-order valence-corrected chi connectivity index (χ2v) is 10.2. The summed E-state index contributed by atoms with van der Waals surface area (Å²) in [6.07, 6.45) is 4.41. The van der Waals surface area contributed by atoms with Gasteiger partial charge in [-0.15, -0.1) is 5.92 Å². The maximum atomic E-state index is 12.0. The molecule has 6 heteroatoms. The molecule has 1 heterocycles. The van der Waals surface area contributed by atoms with Crippen molar-refractivity contribution in [1.29, 1.82) is 0 Å². The first kappa shape index (κ1) is 22.9. The number of aliphatic hydroxyl groups excluding tert-OH is 1. The monoisotopic (exact) mass is 432 g/mol. The molecule has 0 radical (unpaired) electrons. The van der Waals surface area contributed by atoms with Crippen molar-refractivity contribution >= 4 is 15.7 Å². The molecule has 2 atom stereocenters. The van der Waals surface area contributed by atoms with Gasteiger partial charge in [-0.05, 0) is 87.1 Å². The summed E-state index contributed by atoms with van der Waals surface area (Å²) in [4.78, 5) is 0. The van der Waals surface area contributed by atoms with Crippen molar-refractivity contribution in [3.8, 4) is 11.8 Å². The van der Waals surface area contributed by atoms with Gasteiger partial charge in [0.05, 0.1) is 12.4 Å². The molecule has 3 rings (SSSR count). The van der Waals surface area contributed by atoms with Crippen LogP contribution in [0.15, 0.2) is 17.9 Å². The zero-order chi connectivity index (χ0) is 21.9. The third-order valence-corrected chi connectivity index (χ3v) is 6.50. The molecule has 2 unspecified atom stereocenters. The Bertz CT molecular complexity index is 952. The molecule has 1 aromatic rings. The summed E-state index contributed by atoms with van der Waals surface area (Å²) in [6.45, 7) is 7.28. The van der Waals surface area contributed by atoms with Crippen LogP contribution in [0.4, 0.5) is 0 Å². The van der Waals surface area contributed by atoms with Gasteiger partial charge < -0.3 is 14.0 Å². The minimum Gasteiger partial charge on any atom is -0.388 e. The van der Waals surface area contributed by atoms with E-state index in [-0.39, 0.29) is 5.92 Å². The fourth-order valence-electron chi connectivity index (χ4n) is 4.88. The van der Waals surface area contributed by atoms with Crippen LogP contribution in [-0.4, -0.2) is 39.1 Å². The molecule has 0 amide bonds. The molecule has 0 bridgehead atoms. The quantitative estimate of drug-likeness (QED) is 0.563. The Morgan fingerprint density at radius 2 is 1.80 bits per heavy atom. The summed E-state index contributed by atoms with van der Waals surface area (Å²) in [7, 11) is -3.70. The largest absolute Gasteiger partial charge is 0.388 e. The van der Waals surface area contributed by atoms with Gasteiger partial charge in [-0.25, -0.2) is 0 Å². The van der Waals surface area contributed by atoms with Gasteiger partial charge in [0.1, 0.15) is 5.76 Å². The minimum atomic E-state index is -3.70. The van der Waals surface area contributed by atoms with Crippen molar-refractivity contribution in [1.82, 2.24) is 0 Å². The highest BCUT2D eigenvalue weighted by molar-refractivity contribution is 7.86. The van der Waals surface area contributed by atoms with Crippen molar-refractivity contribution in [2.45, 2.75) is 59.0 Å². The van der Waals surface area contributed by atoms with E-state index in [2.05, 4.69) is 11.8 Å². The summed E-state index contributed by atoms with van der Waals surface area (Å²) in [5.74, 6) is 7.09. The van der Waals surface area contributed by atoms with Crippen LogP contribution in [0.25, 0.3) is 5.57 Å². The number of rotatable bonds is 5. The third kappa shape index (κ3) is 5.66. The van der Waals surface area contributed by atoms with E-state index < -0.39 is 16.2 Å². The van der Waals surface area contributed by atoms with Crippen LogP contribution in [0.2, 0.25) is 0 Å². The number of benzene rings is 1. The number of aliphatic hydroxyl groups is 1. The summed E-state index contributed by atoms with van der Waals surface area (Å²) in [5, 5.41) is 11.1. The van der Waals surface area contributed by atoms with E-state index in [1.165, 1.54) is 0 Å². The Morgan fingerprint density at radius 3 is 2.37 bits per heavy atom. The summed E-state index contributed by atoms with van der Waals surface area (Å²) < 4.78 is 34.9. The standard InChI is InChI=1S/C24H32O5S/c1-5-6-19-11-16(2)23(17(3)12-19)24-21(25)14-20(13-18-7-9-28-10-8-18)15-22(24)29-30(4,26)27/h11-12,18,20-21,25H,7-10,13-15H2,1-4H3. The molecule has 164 valence electrons. The molecule has 1 fully saturated rings. The molecule has 0 saturated carbocycles. The molecule has 0 aromatic heterocycles. The first-order chi connectivity index (χ1) is 14.2. The summed E-state index contributed by atoms with van der Waals surface area (Å²) in [6, 6.07) is 3.95. The lowest BCUT2D eigenvalue weighted by Gasteiger charge is -2.34. The Hall–Kier alpha value is -1.81. The zero-order valence-corrected chi connectivity index (χ0v) is 19.1. The summed E-state index contributed by atoms with van der Waals surface area (Å²) >= 11 is 0. The Kier molecular flexibility index (Phi) is 7.28. The van der Waals surface area contributed by atoms with Gasteiger partial charge in [-0.3, -0.25) is 0 Å². The maximum Gasteiger partial charge on any atom is 0.305 e. The van der Waals surface area contributed by atoms with Gasteiger partial charge in [0.15, 0.2) is 0 Å². The molecule has 0 spiro atoms. The number of aryl methyl sites for hydroxylation is 2. The highest BCUT2D eigenvalue weighted by Gasteiger charge is 2.34. The van der Waals surface area contributed by atoms with Crippen LogP contribution in [-0.2, 0) is 19.0 Å². The predicted molar refractivity (Wildman–Crippen MR) is 118 cm³/mol. The number of ether oxygens (including phenoxy) is 1. The van der Waals surface area contributed by atoms with Crippen molar-refractivity contribution in [2.24, 2.45) is 11.8 Å². The Balaban J connectivity index is 2.00. The summed E-state index contributed by atoms with van der Waals surface area (Å²) in [5.41, 5.74) is 4.30. The van der Waals surface area contributed by atoms with Gasteiger partial charge in [0.2, 0.25) is 0 Å². The Labute approximate surface area is 180 Å². The van der Waals surface area contributed by atoms with Crippen molar-refractivity contribution in [3.05, 3.63) is 40.1 Å². The molecule has 1 aliphatic heterocycles. The molecule has 1 aromatic carbocycles. The molecule has 2 aliphatic rings. The Morgan fingerprint density at radius 1 is 1.17 bits per heavy atom. The topological polar surface area (TPSA) is 72.8 Å². The molecule has 5 nitrogen and oxygen atoms in total. The highest BCUT2D eigenvalue weighted by Crippen LogP contribution is 2.42. The number of hydrogen-bond donors (Lipinski definition) is 1. The van der Waals surface area contributed by atoms with Gasteiger partial charge in [-0.1, -0.05) is 5.92 Å². The lowest BCUT2D eigenvalue weighted by Crippen LogP contribution is -2.28.